The van der Waals surface area contributed by atoms with E-state index >= 15 is 0 Å². The molecule has 0 aliphatic carbocycles. The topological polar surface area (TPSA) is 88.0 Å². The summed E-state index contributed by atoms with van der Waals surface area (Å²) < 4.78 is 1.56. The van der Waals surface area contributed by atoms with E-state index in [1.54, 1.807) is 4.68 Å². The minimum atomic E-state index is -0.195. The second-order valence-electron chi connectivity index (χ2n) is 7.18. The fraction of sp³-hybridized carbons (Fsp3) is 0.556. The van der Waals surface area contributed by atoms with Gasteiger partial charge < -0.3 is 10.6 Å². The molecule has 1 saturated heterocycles. The predicted octanol–water partition coefficient (Wildman–Crippen LogP) is 2.21. The summed E-state index contributed by atoms with van der Waals surface area (Å²) in [4.78, 5) is 14.8. The third-order valence-corrected chi connectivity index (χ3v) is 4.95. The summed E-state index contributed by atoms with van der Waals surface area (Å²) in [7, 11) is 0. The monoisotopic (exact) mass is 357 g/mol. The standard InChI is InChI=1S/C18H27N7O/c1-13-5-4-8-24(11-13)15(3)10-19-18(26)21-17-9-16(7-6-14(17)2)25-12-20-22-23-25/h6-7,9,12-13,15H,4-5,8,10-11H2,1-3H3,(H2,19,21,26)/t13-,15-/m0/s1. The highest BCUT2D eigenvalue weighted by atomic mass is 16.2. The fourth-order valence-electron chi connectivity index (χ4n) is 3.33. The molecular formula is C18H27N7O. The summed E-state index contributed by atoms with van der Waals surface area (Å²) in [5.41, 5.74) is 2.52. The van der Waals surface area contributed by atoms with Crippen LogP contribution in [0, 0.1) is 12.8 Å². The number of hydrogen-bond acceptors (Lipinski definition) is 5. The number of hydrogen-bond donors (Lipinski definition) is 2. The number of nitrogens with one attached hydrogen (secondary N) is 2. The Morgan fingerprint density at radius 2 is 2.27 bits per heavy atom. The molecule has 1 aromatic heterocycles. The van der Waals surface area contributed by atoms with Crippen LogP contribution in [0.25, 0.3) is 5.69 Å². The van der Waals surface area contributed by atoms with Crippen LogP contribution in [0.15, 0.2) is 24.5 Å². The number of aromatic nitrogens is 4. The summed E-state index contributed by atoms with van der Waals surface area (Å²) >= 11 is 0. The number of urea groups is 1. The van der Waals surface area contributed by atoms with Crippen molar-refractivity contribution in [2.24, 2.45) is 5.92 Å². The van der Waals surface area contributed by atoms with E-state index in [-0.39, 0.29) is 6.03 Å². The van der Waals surface area contributed by atoms with Crippen molar-refractivity contribution >= 4 is 11.7 Å². The first-order valence-electron chi connectivity index (χ1n) is 9.16. The largest absolute Gasteiger partial charge is 0.336 e. The van der Waals surface area contributed by atoms with Crippen LogP contribution in [0.4, 0.5) is 10.5 Å². The van der Waals surface area contributed by atoms with Crippen LogP contribution in [0.5, 0.6) is 0 Å². The summed E-state index contributed by atoms with van der Waals surface area (Å²) in [6, 6.07) is 5.84. The maximum absolute atomic E-state index is 12.3. The molecule has 8 heteroatoms. The highest BCUT2D eigenvalue weighted by Gasteiger charge is 2.21. The first kappa shape index (κ1) is 18.3. The van der Waals surface area contributed by atoms with Crippen molar-refractivity contribution in [2.45, 2.75) is 39.7 Å². The second-order valence-corrected chi connectivity index (χ2v) is 7.18. The summed E-state index contributed by atoms with van der Waals surface area (Å²) in [6.07, 6.45) is 4.06. The number of likely N-dealkylation sites (tertiary alicyclic amines) is 1. The number of tetrazole rings is 1. The van der Waals surface area contributed by atoms with Crippen LogP contribution in [-0.2, 0) is 0 Å². The van der Waals surface area contributed by atoms with E-state index in [0.717, 1.165) is 35.9 Å². The smallest absolute Gasteiger partial charge is 0.319 e. The molecule has 0 unspecified atom stereocenters. The molecule has 3 rings (SSSR count). The Morgan fingerprint density at radius 3 is 3.00 bits per heavy atom. The number of carbonyl (C=O) groups excluding carboxylic acids is 1. The number of piperidine rings is 1. The van der Waals surface area contributed by atoms with Crippen molar-refractivity contribution in [1.82, 2.24) is 30.4 Å². The number of carbonyl (C=O) groups is 1. The van der Waals surface area contributed by atoms with Crippen molar-refractivity contribution in [3.63, 3.8) is 0 Å². The van der Waals surface area contributed by atoms with Gasteiger partial charge in [0.25, 0.3) is 0 Å². The number of rotatable bonds is 5. The van der Waals surface area contributed by atoms with E-state index in [1.165, 1.54) is 19.2 Å². The van der Waals surface area contributed by atoms with Crippen LogP contribution >= 0.6 is 0 Å². The summed E-state index contributed by atoms with van der Waals surface area (Å²) in [5.74, 6) is 0.733. The van der Waals surface area contributed by atoms with E-state index in [2.05, 4.69) is 44.9 Å². The first-order chi connectivity index (χ1) is 12.5. The van der Waals surface area contributed by atoms with Gasteiger partial charge in [-0.3, -0.25) is 4.90 Å². The minimum absolute atomic E-state index is 0.195. The van der Waals surface area contributed by atoms with E-state index in [4.69, 9.17) is 0 Å². The maximum Gasteiger partial charge on any atom is 0.319 e. The Kier molecular flexibility index (Phi) is 5.82. The Balaban J connectivity index is 1.55. The van der Waals surface area contributed by atoms with Crippen LogP contribution in [0.2, 0.25) is 0 Å². The average molecular weight is 357 g/mol. The molecule has 140 valence electrons. The molecule has 1 aromatic carbocycles. The Hall–Kier alpha value is -2.48. The summed E-state index contributed by atoms with van der Waals surface area (Å²) in [5, 5.41) is 17.1. The quantitative estimate of drug-likeness (QED) is 0.857. The van der Waals surface area contributed by atoms with Gasteiger partial charge in [0, 0.05) is 24.8 Å². The highest BCUT2D eigenvalue weighted by Crippen LogP contribution is 2.19. The van der Waals surface area contributed by atoms with Crippen molar-refractivity contribution in [3.8, 4) is 5.69 Å². The molecule has 2 N–H and O–H groups in total. The van der Waals surface area contributed by atoms with Crippen molar-refractivity contribution < 1.29 is 4.79 Å². The number of anilines is 1. The molecule has 0 spiro atoms. The lowest BCUT2D eigenvalue weighted by Gasteiger charge is -2.35. The second kappa shape index (κ2) is 8.27. The van der Waals surface area contributed by atoms with Crippen molar-refractivity contribution in [1.29, 1.82) is 0 Å². The first-order valence-corrected chi connectivity index (χ1v) is 9.16. The van der Waals surface area contributed by atoms with Crippen molar-refractivity contribution in [3.05, 3.63) is 30.1 Å². The molecule has 2 heterocycles. The molecular weight excluding hydrogens is 330 g/mol. The van der Waals surface area contributed by atoms with Gasteiger partial charge in [0.1, 0.15) is 6.33 Å². The number of aryl methyl sites for hydroxylation is 1. The number of nitrogens with zero attached hydrogens (tertiary/aromatic N) is 5. The molecule has 0 saturated carbocycles. The van der Waals surface area contributed by atoms with E-state index in [9.17, 15) is 4.79 Å². The Labute approximate surface area is 154 Å². The maximum atomic E-state index is 12.3. The molecule has 1 aliphatic rings. The van der Waals surface area contributed by atoms with E-state index < -0.39 is 0 Å². The zero-order valence-electron chi connectivity index (χ0n) is 15.6. The third-order valence-electron chi connectivity index (χ3n) is 4.95. The molecule has 0 bridgehead atoms. The molecule has 0 radical (unpaired) electrons. The predicted molar refractivity (Wildman–Crippen MR) is 100 cm³/mol. The van der Waals surface area contributed by atoms with Crippen LogP contribution in [0.3, 0.4) is 0 Å². The molecule has 1 fully saturated rings. The molecule has 1 aliphatic heterocycles. The van der Waals surface area contributed by atoms with Gasteiger partial charge in [-0.25, -0.2) is 9.48 Å². The van der Waals surface area contributed by atoms with Gasteiger partial charge >= 0.3 is 6.03 Å². The SMILES string of the molecule is Cc1ccc(-n2cnnn2)cc1NC(=O)NC[C@H](C)N1CCC[C@H](C)C1. The van der Waals surface area contributed by atoms with Gasteiger partial charge in [-0.15, -0.1) is 5.10 Å². The average Bonchev–Trinajstić information content (AvgIpc) is 3.16. The minimum Gasteiger partial charge on any atom is -0.336 e. The Morgan fingerprint density at radius 1 is 1.42 bits per heavy atom. The third kappa shape index (κ3) is 4.57. The normalized spacial score (nSPS) is 19.1. The van der Waals surface area contributed by atoms with Crippen LogP contribution in [-0.4, -0.2) is 56.8 Å². The number of benzene rings is 1. The van der Waals surface area contributed by atoms with E-state index in [0.29, 0.717) is 12.6 Å². The lowest BCUT2D eigenvalue weighted by molar-refractivity contribution is 0.138. The molecule has 2 aromatic rings. The lowest BCUT2D eigenvalue weighted by Crippen LogP contribution is -2.47. The van der Waals surface area contributed by atoms with E-state index in [1.807, 2.05) is 25.1 Å². The zero-order chi connectivity index (χ0) is 18.5. The van der Waals surface area contributed by atoms with Gasteiger partial charge in [-0.2, -0.15) is 0 Å². The molecule has 26 heavy (non-hydrogen) atoms. The van der Waals surface area contributed by atoms with Crippen LogP contribution < -0.4 is 10.6 Å². The fourth-order valence-corrected chi connectivity index (χ4v) is 3.33. The summed E-state index contributed by atoms with van der Waals surface area (Å²) in [6.45, 7) is 9.27. The molecule has 2 atom stereocenters. The van der Waals surface area contributed by atoms with Gasteiger partial charge in [-0.1, -0.05) is 13.0 Å². The van der Waals surface area contributed by atoms with Crippen LogP contribution in [0.1, 0.15) is 32.3 Å². The zero-order valence-corrected chi connectivity index (χ0v) is 15.6. The van der Waals surface area contributed by atoms with Crippen molar-refractivity contribution in [2.75, 3.05) is 25.0 Å². The molecule has 2 amide bonds. The number of amides is 2. The van der Waals surface area contributed by atoms with Gasteiger partial charge in [-0.05, 0) is 67.3 Å². The van der Waals surface area contributed by atoms with Gasteiger partial charge in [0.15, 0.2) is 0 Å². The molecule has 8 nitrogen and oxygen atoms in total. The van der Waals surface area contributed by atoms with Gasteiger partial charge in [0.05, 0.1) is 5.69 Å². The Bertz CT molecular complexity index is 731. The highest BCUT2D eigenvalue weighted by molar-refractivity contribution is 5.90. The lowest BCUT2D eigenvalue weighted by atomic mass is 9.99. The van der Waals surface area contributed by atoms with Gasteiger partial charge in [0.2, 0.25) is 0 Å².